The van der Waals surface area contributed by atoms with Gasteiger partial charge in [-0.1, -0.05) is 36.7 Å². The van der Waals surface area contributed by atoms with Crippen LogP contribution in [0.2, 0.25) is 5.02 Å². The summed E-state index contributed by atoms with van der Waals surface area (Å²) in [7, 11) is -0.217. The van der Waals surface area contributed by atoms with E-state index in [0.29, 0.717) is 31.7 Å². The molecule has 32 heavy (non-hydrogen) atoms. The third-order valence-electron chi connectivity index (χ3n) is 5.47. The number of dihydropyridines is 1. The first-order chi connectivity index (χ1) is 15.3. The van der Waals surface area contributed by atoms with Gasteiger partial charge in [-0.2, -0.15) is 0 Å². The summed E-state index contributed by atoms with van der Waals surface area (Å²) >= 11 is 6.53. The number of ether oxygens (including phenoxy) is 2. The molecule has 1 aliphatic heterocycles. The number of allylic oxidation sites excluding steroid dienone is 3. The first kappa shape index (κ1) is 24.1. The quantitative estimate of drug-likeness (QED) is 0.523. The molecule has 0 amide bonds. The van der Waals surface area contributed by atoms with Crippen molar-refractivity contribution in [2.24, 2.45) is 0 Å². The van der Waals surface area contributed by atoms with Crippen molar-refractivity contribution in [2.75, 3.05) is 7.11 Å². The van der Waals surface area contributed by atoms with Crippen LogP contribution in [0.5, 0.6) is 5.75 Å². The molecular formula is C25H28ClNO4S. The molecule has 0 aromatic heterocycles. The van der Waals surface area contributed by atoms with Crippen molar-refractivity contribution in [1.29, 1.82) is 0 Å². The number of rotatable bonds is 7. The second-order valence-corrected chi connectivity index (χ2v) is 9.53. The van der Waals surface area contributed by atoms with Gasteiger partial charge < -0.3 is 14.8 Å². The van der Waals surface area contributed by atoms with Crippen LogP contribution in [0.4, 0.5) is 0 Å². The van der Waals surface area contributed by atoms with Gasteiger partial charge in [0.15, 0.2) is 0 Å². The van der Waals surface area contributed by atoms with Crippen LogP contribution in [0.15, 0.2) is 75.3 Å². The third-order valence-corrected chi connectivity index (χ3v) is 7.46. The van der Waals surface area contributed by atoms with Crippen LogP contribution in [0, 0.1) is 0 Å². The molecule has 3 atom stereocenters. The van der Waals surface area contributed by atoms with Crippen LogP contribution in [-0.4, -0.2) is 23.4 Å². The molecule has 0 saturated heterocycles. The van der Waals surface area contributed by atoms with Gasteiger partial charge in [0.1, 0.15) is 5.75 Å². The van der Waals surface area contributed by atoms with Crippen LogP contribution in [0.25, 0.3) is 0 Å². The number of esters is 1. The Labute approximate surface area is 196 Å². The smallest absolute Gasteiger partial charge is 0.336 e. The summed E-state index contributed by atoms with van der Waals surface area (Å²) < 4.78 is 24.7. The van der Waals surface area contributed by atoms with Gasteiger partial charge in [0.2, 0.25) is 0 Å². The summed E-state index contributed by atoms with van der Waals surface area (Å²) in [4.78, 5) is 13.9. The minimum Gasteiger partial charge on any atom is -0.491 e. The molecular weight excluding hydrogens is 446 g/mol. The number of nitrogens with one attached hydrogen (secondary N) is 1. The first-order valence-electron chi connectivity index (χ1n) is 10.5. The van der Waals surface area contributed by atoms with Crippen molar-refractivity contribution in [3.8, 4) is 5.75 Å². The highest BCUT2D eigenvalue weighted by Crippen LogP contribution is 2.43. The van der Waals surface area contributed by atoms with Gasteiger partial charge in [0, 0.05) is 21.3 Å². The van der Waals surface area contributed by atoms with Gasteiger partial charge in [-0.15, -0.1) is 0 Å². The maximum atomic E-state index is 13.8. The number of carbonyl (C=O) groups is 1. The Kier molecular flexibility index (Phi) is 7.80. The number of methoxy groups -OCH3 is 1. The van der Waals surface area contributed by atoms with E-state index in [9.17, 15) is 9.00 Å². The van der Waals surface area contributed by atoms with Crippen LogP contribution < -0.4 is 10.1 Å². The molecule has 0 spiro atoms. The summed E-state index contributed by atoms with van der Waals surface area (Å²) in [5.41, 5.74) is 2.47. The molecule has 1 heterocycles. The number of benzene rings is 2. The zero-order valence-corrected chi connectivity index (χ0v) is 20.5. The standard InChI is InChI=1S/C25H28ClNO4S/c1-6-15(2)31-18-11-13-19(14-12-18)32(29)24-17(4)27-16(3)22(25(28)30-5)23(24)20-9-7-8-10-21(20)26/h7-15,23,27H,6H2,1-5H3. The largest absolute Gasteiger partial charge is 0.491 e. The van der Waals surface area contributed by atoms with Gasteiger partial charge in [-0.3, -0.25) is 0 Å². The van der Waals surface area contributed by atoms with Crippen molar-refractivity contribution in [3.63, 3.8) is 0 Å². The van der Waals surface area contributed by atoms with Crippen LogP contribution >= 0.6 is 11.6 Å². The SMILES string of the molecule is CCC(C)Oc1ccc(S(=O)C2=C(C)NC(C)=C(C(=O)OC)C2c2ccccc2Cl)cc1. The molecule has 7 heteroatoms. The second-order valence-electron chi connectivity index (χ2n) is 7.68. The Morgan fingerprint density at radius 2 is 1.78 bits per heavy atom. The fraction of sp³-hybridized carbons (Fsp3) is 0.320. The van der Waals surface area contributed by atoms with E-state index in [1.807, 2.05) is 44.2 Å². The van der Waals surface area contributed by atoms with Crippen molar-refractivity contribution in [3.05, 3.63) is 81.0 Å². The lowest BCUT2D eigenvalue weighted by molar-refractivity contribution is -0.136. The van der Waals surface area contributed by atoms with Gasteiger partial charge in [-0.05, 0) is 63.1 Å². The summed E-state index contributed by atoms with van der Waals surface area (Å²) in [6.45, 7) is 7.73. The lowest BCUT2D eigenvalue weighted by Crippen LogP contribution is -2.30. The lowest BCUT2D eigenvalue weighted by Gasteiger charge is -2.31. The molecule has 2 aromatic carbocycles. The van der Waals surface area contributed by atoms with E-state index >= 15 is 0 Å². The summed E-state index contributed by atoms with van der Waals surface area (Å²) in [5, 5.41) is 3.70. The molecule has 2 aromatic rings. The molecule has 0 radical (unpaired) electrons. The average molecular weight is 474 g/mol. The van der Waals surface area contributed by atoms with Crippen molar-refractivity contribution < 1.29 is 18.5 Å². The maximum absolute atomic E-state index is 13.8. The highest BCUT2D eigenvalue weighted by molar-refractivity contribution is 7.89. The zero-order chi connectivity index (χ0) is 23.4. The molecule has 5 nitrogen and oxygen atoms in total. The molecule has 3 rings (SSSR count). The fourth-order valence-electron chi connectivity index (χ4n) is 3.69. The van der Waals surface area contributed by atoms with Gasteiger partial charge in [-0.25, -0.2) is 9.00 Å². The fourth-order valence-corrected chi connectivity index (χ4v) is 5.36. The zero-order valence-electron chi connectivity index (χ0n) is 18.9. The number of hydrogen-bond acceptors (Lipinski definition) is 5. The van der Waals surface area contributed by atoms with Crippen LogP contribution in [0.3, 0.4) is 0 Å². The predicted octanol–water partition coefficient (Wildman–Crippen LogP) is 5.69. The van der Waals surface area contributed by atoms with Crippen molar-refractivity contribution >= 4 is 28.4 Å². The first-order valence-corrected chi connectivity index (χ1v) is 12.0. The summed E-state index contributed by atoms with van der Waals surface area (Å²) in [6.07, 6.45) is 0.992. The Morgan fingerprint density at radius 3 is 2.38 bits per heavy atom. The molecule has 0 saturated carbocycles. The Bertz CT molecular complexity index is 1090. The Hall–Kier alpha value is -2.57. The number of halogens is 1. The minimum atomic E-state index is -1.55. The van der Waals surface area contributed by atoms with Crippen LogP contribution in [-0.2, 0) is 20.3 Å². The van der Waals surface area contributed by atoms with Crippen molar-refractivity contribution in [1.82, 2.24) is 5.32 Å². The average Bonchev–Trinajstić information content (AvgIpc) is 2.78. The summed E-state index contributed by atoms with van der Waals surface area (Å²) in [5.74, 6) is -0.366. The molecule has 3 unspecified atom stereocenters. The monoisotopic (exact) mass is 473 g/mol. The predicted molar refractivity (Wildman–Crippen MR) is 128 cm³/mol. The van der Waals surface area contributed by atoms with Crippen LogP contribution in [0.1, 0.15) is 45.6 Å². The van der Waals surface area contributed by atoms with E-state index in [2.05, 4.69) is 12.2 Å². The molecule has 0 bridgehead atoms. The number of carbonyl (C=O) groups excluding carboxylic acids is 1. The minimum absolute atomic E-state index is 0.0965. The highest BCUT2D eigenvalue weighted by atomic mass is 35.5. The van der Waals surface area contributed by atoms with E-state index in [4.69, 9.17) is 21.1 Å². The molecule has 1 N–H and O–H groups in total. The molecule has 1 aliphatic rings. The molecule has 0 aliphatic carbocycles. The topological polar surface area (TPSA) is 64.6 Å². The van der Waals surface area contributed by atoms with Crippen molar-refractivity contribution in [2.45, 2.75) is 51.0 Å². The lowest BCUT2D eigenvalue weighted by atomic mass is 9.86. The Morgan fingerprint density at radius 1 is 1.12 bits per heavy atom. The Balaban J connectivity index is 2.08. The molecule has 170 valence electrons. The van der Waals surface area contributed by atoms with E-state index in [1.165, 1.54) is 7.11 Å². The number of hydrogen-bond donors (Lipinski definition) is 1. The maximum Gasteiger partial charge on any atom is 0.336 e. The van der Waals surface area contributed by atoms with E-state index < -0.39 is 22.7 Å². The van der Waals surface area contributed by atoms with Gasteiger partial charge in [0.25, 0.3) is 0 Å². The normalized spacial score (nSPS) is 18.1. The van der Waals surface area contributed by atoms with E-state index in [1.54, 1.807) is 25.1 Å². The second kappa shape index (κ2) is 10.4. The highest BCUT2D eigenvalue weighted by Gasteiger charge is 2.37. The van der Waals surface area contributed by atoms with Gasteiger partial charge in [0.05, 0.1) is 40.4 Å². The summed E-state index contributed by atoms with van der Waals surface area (Å²) in [6, 6.07) is 14.5. The molecule has 0 fully saturated rings. The van der Waals surface area contributed by atoms with E-state index in [-0.39, 0.29) is 6.10 Å². The third kappa shape index (κ3) is 4.92. The van der Waals surface area contributed by atoms with Gasteiger partial charge >= 0.3 is 5.97 Å². The van der Waals surface area contributed by atoms with E-state index in [0.717, 1.165) is 17.9 Å².